The number of esters is 1. The molecule has 0 bridgehead atoms. The molecule has 0 spiro atoms. The van der Waals surface area contributed by atoms with Crippen LogP contribution >= 0.6 is 11.3 Å². The van der Waals surface area contributed by atoms with Gasteiger partial charge in [0.15, 0.2) is 6.61 Å². The highest BCUT2D eigenvalue weighted by molar-refractivity contribution is 7.17. The van der Waals surface area contributed by atoms with Gasteiger partial charge in [-0.05, 0) is 61.1 Å². The molecule has 0 saturated carbocycles. The van der Waals surface area contributed by atoms with Crippen LogP contribution in [0.5, 0.6) is 5.75 Å². The third kappa shape index (κ3) is 5.48. The normalized spacial score (nSPS) is 15.8. The highest BCUT2D eigenvalue weighted by Crippen LogP contribution is 2.44. The number of anilines is 1. The first-order chi connectivity index (χ1) is 14.7. The summed E-state index contributed by atoms with van der Waals surface area (Å²) in [6, 6.07) is 7.71. The van der Waals surface area contributed by atoms with E-state index in [0.717, 1.165) is 36.8 Å². The van der Waals surface area contributed by atoms with Gasteiger partial charge < -0.3 is 14.8 Å². The molecule has 1 aromatic carbocycles. The molecule has 0 radical (unpaired) electrons. The number of hydrogen-bond acceptors (Lipinski definition) is 5. The molecule has 1 unspecified atom stereocenters. The lowest BCUT2D eigenvalue weighted by atomic mass is 9.72. The highest BCUT2D eigenvalue weighted by Gasteiger charge is 2.34. The molecule has 168 valence electrons. The minimum absolute atomic E-state index is 0.105. The Balaban J connectivity index is 1.79. The summed E-state index contributed by atoms with van der Waals surface area (Å²) in [6.45, 7) is 10.8. The minimum Gasteiger partial charge on any atom is -0.483 e. The zero-order chi connectivity index (χ0) is 22.6. The molecule has 0 fully saturated rings. The Morgan fingerprint density at radius 1 is 1.19 bits per heavy atom. The van der Waals surface area contributed by atoms with Gasteiger partial charge in [0.05, 0.1) is 12.2 Å². The van der Waals surface area contributed by atoms with Gasteiger partial charge >= 0.3 is 5.97 Å². The van der Waals surface area contributed by atoms with Crippen molar-refractivity contribution >= 4 is 28.2 Å². The van der Waals surface area contributed by atoms with Crippen molar-refractivity contribution in [3.8, 4) is 5.75 Å². The van der Waals surface area contributed by atoms with Gasteiger partial charge in [-0.2, -0.15) is 0 Å². The lowest BCUT2D eigenvalue weighted by Crippen LogP contribution is -2.26. The number of fused-ring (bicyclic) bond motifs is 1. The Bertz CT molecular complexity index is 941. The zero-order valence-corrected chi connectivity index (χ0v) is 20.0. The molecule has 0 aliphatic heterocycles. The van der Waals surface area contributed by atoms with E-state index in [-0.39, 0.29) is 23.9 Å². The van der Waals surface area contributed by atoms with Gasteiger partial charge in [0.2, 0.25) is 0 Å². The highest BCUT2D eigenvalue weighted by atomic mass is 32.1. The topological polar surface area (TPSA) is 64.6 Å². The molecule has 0 saturated heterocycles. The Hall–Kier alpha value is -2.34. The van der Waals surface area contributed by atoms with Crippen LogP contribution in [0.15, 0.2) is 24.3 Å². The van der Waals surface area contributed by atoms with Crippen LogP contribution in [-0.2, 0) is 28.8 Å². The maximum Gasteiger partial charge on any atom is 0.341 e. The Morgan fingerprint density at radius 2 is 1.94 bits per heavy atom. The first kappa shape index (κ1) is 23.3. The summed E-state index contributed by atoms with van der Waals surface area (Å²) in [4.78, 5) is 26.6. The van der Waals surface area contributed by atoms with Crippen LogP contribution in [0.3, 0.4) is 0 Å². The van der Waals surface area contributed by atoms with Crippen LogP contribution in [0, 0.1) is 11.3 Å². The maximum atomic E-state index is 12.7. The van der Waals surface area contributed by atoms with Crippen LogP contribution in [0.2, 0.25) is 0 Å². The fraction of sp³-hybridized carbons (Fsp3) is 0.520. The largest absolute Gasteiger partial charge is 0.483 e. The number of carbonyl (C=O) groups excluding carboxylic acids is 2. The summed E-state index contributed by atoms with van der Waals surface area (Å²) < 4.78 is 11.1. The van der Waals surface area contributed by atoms with Gasteiger partial charge in [0.1, 0.15) is 10.8 Å². The number of rotatable bonds is 7. The third-order valence-electron chi connectivity index (χ3n) is 5.93. The van der Waals surface area contributed by atoms with E-state index >= 15 is 0 Å². The molecule has 1 N–H and O–H groups in total. The first-order valence-corrected chi connectivity index (χ1v) is 11.9. The van der Waals surface area contributed by atoms with Crippen LogP contribution in [0.25, 0.3) is 0 Å². The van der Waals surface area contributed by atoms with Gasteiger partial charge in [0, 0.05) is 4.88 Å². The van der Waals surface area contributed by atoms with Crippen molar-refractivity contribution in [3.63, 3.8) is 0 Å². The maximum absolute atomic E-state index is 12.7. The number of hydrogen-bond donors (Lipinski definition) is 1. The van der Waals surface area contributed by atoms with Crippen molar-refractivity contribution in [1.29, 1.82) is 0 Å². The van der Waals surface area contributed by atoms with Crippen molar-refractivity contribution < 1.29 is 19.1 Å². The second kappa shape index (κ2) is 9.86. The van der Waals surface area contributed by atoms with E-state index in [9.17, 15) is 9.59 Å². The number of para-hydroxylation sites is 1. The number of aryl methyl sites for hydroxylation is 1. The van der Waals surface area contributed by atoms with Crippen LogP contribution in [-0.4, -0.2) is 25.1 Å². The van der Waals surface area contributed by atoms with E-state index in [1.807, 2.05) is 24.3 Å². The molecule has 2 aromatic rings. The number of thiophene rings is 1. The van der Waals surface area contributed by atoms with E-state index in [4.69, 9.17) is 9.47 Å². The van der Waals surface area contributed by atoms with Crippen LogP contribution in [0.4, 0.5) is 5.00 Å². The van der Waals surface area contributed by atoms with E-state index in [1.54, 1.807) is 6.92 Å². The number of benzene rings is 1. The molecular weight excluding hydrogens is 410 g/mol. The van der Waals surface area contributed by atoms with Crippen molar-refractivity contribution in [3.05, 3.63) is 45.8 Å². The predicted octanol–water partition coefficient (Wildman–Crippen LogP) is 5.66. The van der Waals surface area contributed by atoms with E-state index in [1.165, 1.54) is 16.2 Å². The fourth-order valence-electron chi connectivity index (χ4n) is 4.08. The summed E-state index contributed by atoms with van der Waals surface area (Å²) in [6.07, 6.45) is 3.62. The summed E-state index contributed by atoms with van der Waals surface area (Å²) in [7, 11) is 0. The summed E-state index contributed by atoms with van der Waals surface area (Å²) >= 11 is 1.51. The van der Waals surface area contributed by atoms with Gasteiger partial charge in [-0.1, -0.05) is 45.9 Å². The molecule has 31 heavy (non-hydrogen) atoms. The molecule has 1 aliphatic rings. The smallest absolute Gasteiger partial charge is 0.341 e. The van der Waals surface area contributed by atoms with Crippen molar-refractivity contribution in [2.45, 2.75) is 60.3 Å². The van der Waals surface area contributed by atoms with Crippen LogP contribution < -0.4 is 10.1 Å². The van der Waals surface area contributed by atoms with Crippen molar-refractivity contribution in [2.24, 2.45) is 11.3 Å². The average molecular weight is 444 g/mol. The number of nitrogens with one attached hydrogen (secondary N) is 1. The SMILES string of the molecule is CCOC(=O)c1c(NC(=O)COc2ccccc2CC)sc2c1CCC(C(C)(C)C)C2. The molecule has 6 heteroatoms. The minimum atomic E-state index is -0.359. The quantitative estimate of drug-likeness (QED) is 0.561. The summed E-state index contributed by atoms with van der Waals surface area (Å²) in [5, 5.41) is 3.50. The van der Waals surface area contributed by atoms with Crippen molar-refractivity contribution in [2.75, 3.05) is 18.5 Å². The third-order valence-corrected chi connectivity index (χ3v) is 7.10. The van der Waals surface area contributed by atoms with Gasteiger partial charge in [-0.25, -0.2) is 4.79 Å². The Morgan fingerprint density at radius 3 is 2.61 bits per heavy atom. The average Bonchev–Trinajstić information content (AvgIpc) is 3.09. The molecule has 1 aliphatic carbocycles. The standard InChI is InChI=1S/C25H33NO4S/c1-6-16-10-8-9-11-19(16)30-15-21(27)26-23-22(24(28)29-7-2)18-13-12-17(25(3,4)5)14-20(18)31-23/h8-11,17H,6-7,12-15H2,1-5H3,(H,26,27). The predicted molar refractivity (Wildman–Crippen MR) is 125 cm³/mol. The monoisotopic (exact) mass is 443 g/mol. The van der Waals surface area contributed by atoms with Gasteiger partial charge in [-0.15, -0.1) is 11.3 Å². The van der Waals surface area contributed by atoms with Crippen molar-refractivity contribution in [1.82, 2.24) is 0 Å². The zero-order valence-electron chi connectivity index (χ0n) is 19.2. The molecule has 1 aromatic heterocycles. The van der Waals surface area contributed by atoms with E-state index in [2.05, 4.69) is 33.0 Å². The second-order valence-electron chi connectivity index (χ2n) is 9.03. The molecule has 3 rings (SSSR count). The molecule has 1 amide bonds. The lowest BCUT2D eigenvalue weighted by molar-refractivity contribution is -0.118. The fourth-order valence-corrected chi connectivity index (χ4v) is 5.41. The number of amides is 1. The second-order valence-corrected chi connectivity index (χ2v) is 10.1. The molecular formula is C25H33NO4S. The van der Waals surface area contributed by atoms with Gasteiger partial charge in [0.25, 0.3) is 5.91 Å². The Kier molecular flexibility index (Phi) is 7.42. The van der Waals surface area contributed by atoms with E-state index in [0.29, 0.717) is 28.8 Å². The van der Waals surface area contributed by atoms with E-state index < -0.39 is 0 Å². The number of carbonyl (C=O) groups is 2. The van der Waals surface area contributed by atoms with Gasteiger partial charge in [-0.3, -0.25) is 4.79 Å². The summed E-state index contributed by atoms with van der Waals surface area (Å²) in [5.74, 6) is 0.625. The number of ether oxygens (including phenoxy) is 2. The summed E-state index contributed by atoms with van der Waals surface area (Å²) in [5.41, 5.74) is 2.82. The lowest BCUT2D eigenvalue weighted by Gasteiger charge is -2.33. The molecule has 1 atom stereocenters. The first-order valence-electron chi connectivity index (χ1n) is 11.1. The Labute approximate surface area is 189 Å². The van der Waals surface area contributed by atoms with Crippen LogP contribution in [0.1, 0.15) is 67.4 Å². The molecule has 1 heterocycles. The molecule has 5 nitrogen and oxygen atoms in total.